The summed E-state index contributed by atoms with van der Waals surface area (Å²) >= 11 is 0. The molecule has 0 aromatic carbocycles. The Labute approximate surface area is 85.6 Å². The molecule has 1 nitrogen and oxygen atoms in total. The molecule has 2 heteroatoms. The molecule has 0 fully saturated rings. The molecule has 0 aliphatic heterocycles. The minimum Gasteiger partial charge on any atom is -0.329 e. The lowest BCUT2D eigenvalue weighted by Gasteiger charge is -2.37. The first-order valence-electron chi connectivity index (χ1n) is 5.80. The van der Waals surface area contributed by atoms with Crippen LogP contribution in [0.15, 0.2) is 0 Å². The predicted molar refractivity (Wildman–Crippen MR) is 64.7 cm³/mol. The highest BCUT2D eigenvalue weighted by Gasteiger charge is 2.31. The van der Waals surface area contributed by atoms with Gasteiger partial charge >= 0.3 is 0 Å². The van der Waals surface area contributed by atoms with Crippen LogP contribution in [0.4, 0.5) is 0 Å². The van der Waals surface area contributed by atoms with Gasteiger partial charge in [-0.3, -0.25) is 0 Å². The molecule has 13 heavy (non-hydrogen) atoms. The third kappa shape index (κ3) is 3.82. The van der Waals surface area contributed by atoms with Gasteiger partial charge in [0.2, 0.25) is 0 Å². The molecular weight excluding hydrogens is 174 g/mol. The lowest BCUT2D eigenvalue weighted by atomic mass is 10.4. The quantitative estimate of drug-likeness (QED) is 0.567. The molecule has 0 saturated carbocycles. The lowest BCUT2D eigenvalue weighted by molar-refractivity contribution is 0.587. The Bertz CT molecular complexity index is 125. The van der Waals surface area contributed by atoms with Gasteiger partial charge in [-0.25, -0.2) is 0 Å². The van der Waals surface area contributed by atoms with Gasteiger partial charge in [0.25, 0.3) is 0 Å². The van der Waals surface area contributed by atoms with Crippen LogP contribution in [-0.4, -0.2) is 26.9 Å². The first-order valence-corrected chi connectivity index (χ1v) is 8.37. The van der Waals surface area contributed by atoms with E-state index in [0.29, 0.717) is 0 Å². The average Bonchev–Trinajstić information content (AvgIpc) is 2.12. The van der Waals surface area contributed by atoms with E-state index in [2.05, 4.69) is 39.4 Å². The van der Waals surface area contributed by atoms with Gasteiger partial charge in [-0.05, 0) is 32.2 Å². The van der Waals surface area contributed by atoms with Crippen molar-refractivity contribution in [2.24, 2.45) is 0 Å². The van der Waals surface area contributed by atoms with E-state index in [0.717, 1.165) is 0 Å². The Hall–Kier alpha value is 0.177. The van der Waals surface area contributed by atoms with Gasteiger partial charge in [0.05, 0.1) is 0 Å². The Kier molecular flexibility index (Phi) is 6.69. The molecule has 0 aromatic heterocycles. The maximum Gasteiger partial charge on any atom is 0.127 e. The van der Waals surface area contributed by atoms with Gasteiger partial charge in [0.15, 0.2) is 0 Å². The summed E-state index contributed by atoms with van der Waals surface area (Å²) in [6.45, 7) is 7.01. The first-order chi connectivity index (χ1) is 6.13. The molecule has 0 aliphatic rings. The van der Waals surface area contributed by atoms with Gasteiger partial charge < -0.3 is 4.57 Å². The van der Waals surface area contributed by atoms with Crippen molar-refractivity contribution in [3.63, 3.8) is 0 Å². The highest BCUT2D eigenvalue weighted by Crippen LogP contribution is 2.26. The second kappa shape index (κ2) is 6.60. The van der Waals surface area contributed by atoms with Crippen LogP contribution in [0.5, 0.6) is 0 Å². The molecule has 1 unspecified atom stereocenters. The number of nitrogens with zero attached hydrogens (tertiary/aromatic N) is 1. The topological polar surface area (TPSA) is 3.24 Å². The second-order valence-corrected chi connectivity index (χ2v) is 9.38. The van der Waals surface area contributed by atoms with Crippen LogP contribution in [-0.2, 0) is 0 Å². The fraction of sp³-hybridized carbons (Fsp3) is 1.00. The van der Waals surface area contributed by atoms with Crippen molar-refractivity contribution >= 4 is 8.24 Å². The molecule has 0 radical (unpaired) electrons. The highest BCUT2D eigenvalue weighted by molar-refractivity contribution is 6.77. The highest BCUT2D eigenvalue weighted by atomic mass is 28.3. The van der Waals surface area contributed by atoms with Crippen molar-refractivity contribution in [1.29, 1.82) is 0 Å². The Morgan fingerprint density at radius 2 is 1.54 bits per heavy atom. The lowest BCUT2D eigenvalue weighted by Crippen LogP contribution is -2.48. The number of hydrogen-bond acceptors (Lipinski definition) is 1. The zero-order valence-electron chi connectivity index (χ0n) is 10.2. The summed E-state index contributed by atoms with van der Waals surface area (Å²) in [6.07, 6.45) is 4.15. The molecule has 0 spiro atoms. The van der Waals surface area contributed by atoms with E-state index in [1.54, 1.807) is 0 Å². The van der Waals surface area contributed by atoms with Gasteiger partial charge in [-0.2, -0.15) is 0 Å². The molecule has 0 bridgehead atoms. The number of rotatable bonds is 7. The third-order valence-corrected chi connectivity index (χ3v) is 9.25. The first kappa shape index (κ1) is 13.2. The van der Waals surface area contributed by atoms with Crippen LogP contribution in [0.1, 0.15) is 40.0 Å². The molecule has 1 atom stereocenters. The van der Waals surface area contributed by atoms with Crippen molar-refractivity contribution in [3.05, 3.63) is 0 Å². The molecule has 0 N–H and O–H groups in total. The van der Waals surface area contributed by atoms with E-state index < -0.39 is 8.24 Å². The predicted octanol–water partition coefficient (Wildman–Crippen LogP) is 3.72. The Morgan fingerprint density at radius 1 is 0.923 bits per heavy atom. The zero-order chi connectivity index (χ0) is 10.3. The van der Waals surface area contributed by atoms with Crippen LogP contribution in [0.2, 0.25) is 18.1 Å². The minimum atomic E-state index is -1.03. The summed E-state index contributed by atoms with van der Waals surface area (Å²) in [5.74, 6) is 0. The monoisotopic (exact) mass is 201 g/mol. The van der Waals surface area contributed by atoms with Crippen LogP contribution < -0.4 is 0 Å². The summed E-state index contributed by atoms with van der Waals surface area (Å²) in [6, 6.07) is 4.41. The van der Waals surface area contributed by atoms with Crippen molar-refractivity contribution < 1.29 is 0 Å². The largest absolute Gasteiger partial charge is 0.329 e. The minimum absolute atomic E-state index is 1.03. The van der Waals surface area contributed by atoms with E-state index >= 15 is 0 Å². The molecule has 0 aromatic rings. The molecule has 80 valence electrons. The summed E-state index contributed by atoms with van der Waals surface area (Å²) in [4.78, 5) is 0. The molecular formula is C11H27NSi. The maximum absolute atomic E-state index is 2.58. The number of hydrogen-bond donors (Lipinski definition) is 0. The zero-order valence-corrected chi connectivity index (χ0v) is 11.2. The van der Waals surface area contributed by atoms with E-state index in [9.17, 15) is 0 Å². The number of unbranched alkanes of at least 4 members (excludes halogenated alkanes) is 1. The van der Waals surface area contributed by atoms with Gasteiger partial charge in [0.1, 0.15) is 8.24 Å². The average molecular weight is 201 g/mol. The van der Waals surface area contributed by atoms with Crippen LogP contribution in [0, 0.1) is 0 Å². The van der Waals surface area contributed by atoms with Crippen LogP contribution >= 0.6 is 0 Å². The summed E-state index contributed by atoms with van der Waals surface area (Å²) in [5, 5.41) is 0. The summed E-state index contributed by atoms with van der Waals surface area (Å²) in [7, 11) is 3.55. The Balaban J connectivity index is 4.26. The van der Waals surface area contributed by atoms with Crippen molar-refractivity contribution in [2.45, 2.75) is 58.2 Å². The maximum atomic E-state index is 2.58. The molecule has 0 saturated heterocycles. The van der Waals surface area contributed by atoms with Gasteiger partial charge in [-0.1, -0.05) is 40.0 Å². The van der Waals surface area contributed by atoms with E-state index in [4.69, 9.17) is 0 Å². The van der Waals surface area contributed by atoms with Gasteiger partial charge in [0, 0.05) is 0 Å². The van der Waals surface area contributed by atoms with Crippen LogP contribution in [0.25, 0.3) is 0 Å². The SMILES string of the molecule is CCCC[Si](CC)(CCC)N(C)C. The van der Waals surface area contributed by atoms with E-state index in [-0.39, 0.29) is 0 Å². The molecule has 0 amide bonds. The second-order valence-electron chi connectivity index (χ2n) is 4.33. The van der Waals surface area contributed by atoms with Crippen molar-refractivity contribution in [3.8, 4) is 0 Å². The van der Waals surface area contributed by atoms with Gasteiger partial charge in [-0.15, -0.1) is 0 Å². The summed E-state index contributed by atoms with van der Waals surface area (Å²) in [5.41, 5.74) is 0. The van der Waals surface area contributed by atoms with Crippen LogP contribution in [0.3, 0.4) is 0 Å². The standard InChI is InChI=1S/C11H27NSi/c1-6-9-11-13(8-3,10-7-2)12(4)5/h6-11H2,1-5H3. The Morgan fingerprint density at radius 3 is 1.85 bits per heavy atom. The fourth-order valence-corrected chi connectivity index (χ4v) is 6.64. The molecule has 0 aliphatic carbocycles. The summed E-state index contributed by atoms with van der Waals surface area (Å²) < 4.78 is 2.58. The molecule has 0 rings (SSSR count). The normalized spacial score (nSPS) is 16.2. The van der Waals surface area contributed by atoms with E-state index in [1.807, 2.05) is 0 Å². The fourth-order valence-electron chi connectivity index (χ4n) is 2.21. The smallest absolute Gasteiger partial charge is 0.127 e. The third-order valence-electron chi connectivity index (χ3n) is 3.32. The van der Waals surface area contributed by atoms with Crippen molar-refractivity contribution in [2.75, 3.05) is 14.1 Å². The van der Waals surface area contributed by atoms with E-state index in [1.165, 1.54) is 37.4 Å². The molecule has 0 heterocycles. The van der Waals surface area contributed by atoms with Crippen molar-refractivity contribution in [1.82, 2.24) is 4.57 Å².